The maximum atomic E-state index is 5.51. The third kappa shape index (κ3) is 4.13. The molecule has 0 bridgehead atoms. The van der Waals surface area contributed by atoms with E-state index in [2.05, 4.69) is 11.4 Å². The van der Waals surface area contributed by atoms with Gasteiger partial charge in [0.2, 0.25) is 0 Å². The first kappa shape index (κ1) is 16.2. The van der Waals surface area contributed by atoms with Crippen LogP contribution in [-0.4, -0.2) is 27.8 Å². The van der Waals surface area contributed by atoms with Gasteiger partial charge in [0.1, 0.15) is 11.5 Å². The predicted octanol–water partition coefficient (Wildman–Crippen LogP) is 3.81. The summed E-state index contributed by atoms with van der Waals surface area (Å²) >= 11 is 0. The molecular weight excluding hydrogens is 262 g/mol. The lowest BCUT2D eigenvalue weighted by Gasteiger charge is -2.29. The number of nitrogens with one attached hydrogen (secondary N) is 1. The number of rotatable bonds is 8. The molecule has 0 aromatic heterocycles. The Morgan fingerprint density at radius 2 is 1.86 bits per heavy atom. The highest BCUT2D eigenvalue weighted by Crippen LogP contribution is 2.45. The molecule has 21 heavy (non-hydrogen) atoms. The van der Waals surface area contributed by atoms with Crippen LogP contribution in [0.4, 0.5) is 0 Å². The van der Waals surface area contributed by atoms with Gasteiger partial charge in [-0.3, -0.25) is 0 Å². The van der Waals surface area contributed by atoms with E-state index in [0.717, 1.165) is 24.5 Å². The minimum Gasteiger partial charge on any atom is -0.497 e. The van der Waals surface area contributed by atoms with Crippen molar-refractivity contribution in [1.82, 2.24) is 5.32 Å². The fourth-order valence-electron chi connectivity index (χ4n) is 3.62. The van der Waals surface area contributed by atoms with E-state index in [9.17, 15) is 0 Å². The number of methoxy groups -OCH3 is 2. The summed E-state index contributed by atoms with van der Waals surface area (Å²) in [6.45, 7) is 1.12. The molecule has 1 aliphatic rings. The van der Waals surface area contributed by atoms with Crippen molar-refractivity contribution < 1.29 is 9.47 Å². The Labute approximate surface area is 129 Å². The van der Waals surface area contributed by atoms with Gasteiger partial charge in [0.05, 0.1) is 14.2 Å². The fraction of sp³-hybridized carbons (Fsp3) is 0.667. The lowest BCUT2D eigenvalue weighted by Crippen LogP contribution is -2.23. The summed E-state index contributed by atoms with van der Waals surface area (Å²) in [4.78, 5) is 0. The number of ether oxygens (including phenoxy) is 2. The van der Waals surface area contributed by atoms with Crippen molar-refractivity contribution >= 4 is 0 Å². The van der Waals surface area contributed by atoms with Crippen LogP contribution in [0.5, 0.6) is 11.5 Å². The van der Waals surface area contributed by atoms with Crippen LogP contribution >= 0.6 is 0 Å². The van der Waals surface area contributed by atoms with E-state index >= 15 is 0 Å². The molecule has 118 valence electrons. The molecule has 1 N–H and O–H groups in total. The summed E-state index contributed by atoms with van der Waals surface area (Å²) in [7, 11) is 5.52. The van der Waals surface area contributed by atoms with Crippen LogP contribution in [0.1, 0.15) is 44.1 Å². The van der Waals surface area contributed by atoms with E-state index in [-0.39, 0.29) is 0 Å². The third-order valence-corrected chi connectivity index (χ3v) is 4.98. The Morgan fingerprint density at radius 1 is 1.10 bits per heavy atom. The van der Waals surface area contributed by atoms with E-state index in [1.54, 1.807) is 14.2 Å². The minimum absolute atomic E-state index is 0.525. The van der Waals surface area contributed by atoms with Crippen LogP contribution < -0.4 is 14.8 Å². The van der Waals surface area contributed by atoms with Crippen LogP contribution in [0.25, 0.3) is 0 Å². The summed E-state index contributed by atoms with van der Waals surface area (Å²) < 4.78 is 10.9. The Morgan fingerprint density at radius 3 is 2.48 bits per heavy atom. The van der Waals surface area contributed by atoms with Crippen molar-refractivity contribution in [3.05, 3.63) is 23.8 Å². The molecule has 0 aliphatic heterocycles. The van der Waals surface area contributed by atoms with E-state index < -0.39 is 0 Å². The van der Waals surface area contributed by atoms with Crippen molar-refractivity contribution in [2.24, 2.45) is 5.41 Å². The van der Waals surface area contributed by atoms with Gasteiger partial charge in [0.15, 0.2) is 0 Å². The van der Waals surface area contributed by atoms with Crippen molar-refractivity contribution in [3.63, 3.8) is 0 Å². The van der Waals surface area contributed by atoms with E-state index in [1.807, 2.05) is 19.2 Å². The van der Waals surface area contributed by atoms with Crippen molar-refractivity contribution in [2.75, 3.05) is 27.8 Å². The Kier molecular flexibility index (Phi) is 5.92. The molecule has 0 heterocycles. The molecule has 1 aromatic carbocycles. The highest BCUT2D eigenvalue weighted by Gasteiger charge is 2.32. The summed E-state index contributed by atoms with van der Waals surface area (Å²) in [5, 5.41) is 3.31. The summed E-state index contributed by atoms with van der Waals surface area (Å²) in [6, 6.07) is 6.11. The second-order valence-electron chi connectivity index (χ2n) is 6.24. The molecule has 0 spiro atoms. The predicted molar refractivity (Wildman–Crippen MR) is 87.3 cm³/mol. The molecule has 1 aromatic rings. The molecule has 1 fully saturated rings. The Bertz CT molecular complexity index is 439. The molecule has 0 atom stereocenters. The van der Waals surface area contributed by atoms with Crippen molar-refractivity contribution in [3.8, 4) is 11.5 Å². The number of aryl methyl sites for hydroxylation is 1. The highest BCUT2D eigenvalue weighted by atomic mass is 16.5. The first-order valence-corrected chi connectivity index (χ1v) is 8.08. The van der Waals surface area contributed by atoms with Gasteiger partial charge in [-0.15, -0.1) is 0 Å². The molecular formula is C18H29NO2. The molecule has 1 saturated carbocycles. The van der Waals surface area contributed by atoms with E-state index in [1.165, 1.54) is 44.1 Å². The number of hydrogen-bond acceptors (Lipinski definition) is 3. The quantitative estimate of drug-likeness (QED) is 0.790. The summed E-state index contributed by atoms with van der Waals surface area (Å²) in [6.07, 6.45) is 9.14. The smallest absolute Gasteiger partial charge is 0.122 e. The molecule has 3 nitrogen and oxygen atoms in total. The number of hydrogen-bond donors (Lipinski definition) is 1. The lowest BCUT2D eigenvalue weighted by atomic mass is 9.77. The van der Waals surface area contributed by atoms with Gasteiger partial charge < -0.3 is 14.8 Å². The van der Waals surface area contributed by atoms with Gasteiger partial charge in [-0.25, -0.2) is 0 Å². The minimum atomic E-state index is 0.525. The zero-order valence-electron chi connectivity index (χ0n) is 13.7. The van der Waals surface area contributed by atoms with Gasteiger partial charge in [0.25, 0.3) is 0 Å². The van der Waals surface area contributed by atoms with Gasteiger partial charge in [-0.05, 0) is 74.9 Å². The second kappa shape index (κ2) is 7.69. The van der Waals surface area contributed by atoms with Gasteiger partial charge in [-0.2, -0.15) is 0 Å². The largest absolute Gasteiger partial charge is 0.497 e. The molecule has 0 radical (unpaired) electrons. The van der Waals surface area contributed by atoms with Crippen molar-refractivity contribution in [1.29, 1.82) is 0 Å². The van der Waals surface area contributed by atoms with Crippen LogP contribution in [0, 0.1) is 5.41 Å². The summed E-state index contributed by atoms with van der Waals surface area (Å²) in [5.74, 6) is 1.90. The van der Waals surface area contributed by atoms with Crippen LogP contribution in [-0.2, 0) is 6.42 Å². The van der Waals surface area contributed by atoms with E-state index in [4.69, 9.17) is 9.47 Å². The van der Waals surface area contributed by atoms with Crippen LogP contribution in [0.3, 0.4) is 0 Å². The fourth-order valence-corrected chi connectivity index (χ4v) is 3.62. The molecule has 0 amide bonds. The topological polar surface area (TPSA) is 30.5 Å². The molecule has 2 rings (SSSR count). The zero-order valence-corrected chi connectivity index (χ0v) is 13.7. The normalized spacial score (nSPS) is 16.9. The third-order valence-electron chi connectivity index (χ3n) is 4.98. The highest BCUT2D eigenvalue weighted by molar-refractivity contribution is 5.40. The molecule has 0 unspecified atom stereocenters. The molecule has 1 aliphatic carbocycles. The Hall–Kier alpha value is -1.22. The maximum Gasteiger partial charge on any atom is 0.122 e. The second-order valence-corrected chi connectivity index (χ2v) is 6.24. The average molecular weight is 291 g/mol. The van der Waals surface area contributed by atoms with Gasteiger partial charge in [0, 0.05) is 0 Å². The summed E-state index contributed by atoms with van der Waals surface area (Å²) in [5.41, 5.74) is 1.80. The van der Waals surface area contributed by atoms with Gasteiger partial charge >= 0.3 is 0 Å². The van der Waals surface area contributed by atoms with Gasteiger partial charge in [-0.1, -0.05) is 12.8 Å². The molecule has 3 heteroatoms. The SMILES string of the molecule is CNCCC1(CCc2cc(OC)ccc2OC)CCCC1. The van der Waals surface area contributed by atoms with Crippen LogP contribution in [0.2, 0.25) is 0 Å². The molecule has 0 saturated heterocycles. The number of benzene rings is 1. The first-order chi connectivity index (χ1) is 10.2. The van der Waals surface area contributed by atoms with Crippen LogP contribution in [0.15, 0.2) is 18.2 Å². The zero-order chi connectivity index (χ0) is 15.1. The van der Waals surface area contributed by atoms with E-state index in [0.29, 0.717) is 5.41 Å². The average Bonchev–Trinajstić information content (AvgIpc) is 3.00. The lowest BCUT2D eigenvalue weighted by molar-refractivity contribution is 0.246. The monoisotopic (exact) mass is 291 g/mol. The Balaban J connectivity index is 2.06. The van der Waals surface area contributed by atoms with Crippen molar-refractivity contribution in [2.45, 2.75) is 44.9 Å². The first-order valence-electron chi connectivity index (χ1n) is 8.08. The standard InChI is InChI=1S/C18H29NO2/c1-19-13-12-18(9-4-5-10-18)11-8-15-14-16(20-2)6-7-17(15)21-3/h6-7,14,19H,4-5,8-13H2,1-3H3. The maximum absolute atomic E-state index is 5.51.